The lowest BCUT2D eigenvalue weighted by atomic mass is 10.1. The van der Waals surface area contributed by atoms with Crippen LogP contribution in [-0.2, 0) is 6.54 Å². The van der Waals surface area contributed by atoms with E-state index in [1.807, 2.05) is 30.3 Å². The van der Waals surface area contributed by atoms with E-state index >= 15 is 0 Å². The van der Waals surface area contributed by atoms with Crippen molar-refractivity contribution in [1.82, 2.24) is 5.32 Å². The first-order valence-corrected chi connectivity index (χ1v) is 8.08. The SMILES string of the molecule is Cc1ccc(Oc2cc(Br)ccc2Cl)c(CNC(C)C)c1. The minimum Gasteiger partial charge on any atom is -0.455 e. The van der Waals surface area contributed by atoms with Gasteiger partial charge in [0.1, 0.15) is 11.5 Å². The Balaban J connectivity index is 2.28. The molecule has 0 fully saturated rings. The predicted molar refractivity (Wildman–Crippen MR) is 92.4 cm³/mol. The largest absolute Gasteiger partial charge is 0.455 e. The molecule has 2 aromatic carbocycles. The summed E-state index contributed by atoms with van der Waals surface area (Å²) in [5.74, 6) is 1.48. The van der Waals surface area contributed by atoms with Gasteiger partial charge in [-0.05, 0) is 31.2 Å². The first-order chi connectivity index (χ1) is 9.95. The molecule has 0 saturated carbocycles. The van der Waals surface area contributed by atoms with Gasteiger partial charge in [0.05, 0.1) is 5.02 Å². The maximum atomic E-state index is 6.20. The highest BCUT2D eigenvalue weighted by molar-refractivity contribution is 9.10. The Kier molecular flexibility index (Phi) is 5.68. The Labute approximate surface area is 139 Å². The van der Waals surface area contributed by atoms with Crippen molar-refractivity contribution in [3.8, 4) is 11.5 Å². The predicted octanol–water partition coefficient (Wildman–Crippen LogP) is 5.70. The van der Waals surface area contributed by atoms with Crippen molar-refractivity contribution in [2.45, 2.75) is 33.4 Å². The Morgan fingerprint density at radius 2 is 1.90 bits per heavy atom. The molecule has 0 amide bonds. The average Bonchev–Trinajstić information content (AvgIpc) is 2.43. The Morgan fingerprint density at radius 3 is 2.62 bits per heavy atom. The van der Waals surface area contributed by atoms with Gasteiger partial charge in [-0.15, -0.1) is 0 Å². The second-order valence-electron chi connectivity index (χ2n) is 5.32. The van der Waals surface area contributed by atoms with Gasteiger partial charge in [-0.1, -0.05) is 59.1 Å². The number of aryl methyl sites for hydroxylation is 1. The van der Waals surface area contributed by atoms with Gasteiger partial charge >= 0.3 is 0 Å². The summed E-state index contributed by atoms with van der Waals surface area (Å²) in [5, 5.41) is 4.02. The van der Waals surface area contributed by atoms with Crippen LogP contribution < -0.4 is 10.1 Å². The van der Waals surface area contributed by atoms with Crippen molar-refractivity contribution < 1.29 is 4.74 Å². The van der Waals surface area contributed by atoms with E-state index < -0.39 is 0 Å². The van der Waals surface area contributed by atoms with Gasteiger partial charge in [-0.25, -0.2) is 0 Å². The third-order valence-corrected chi connectivity index (χ3v) is 3.84. The molecule has 1 N–H and O–H groups in total. The molecular weight excluding hydrogens is 350 g/mol. The van der Waals surface area contributed by atoms with Crippen molar-refractivity contribution in [1.29, 1.82) is 0 Å². The topological polar surface area (TPSA) is 21.3 Å². The van der Waals surface area contributed by atoms with Crippen LogP contribution in [0.5, 0.6) is 11.5 Å². The molecule has 0 aliphatic carbocycles. The van der Waals surface area contributed by atoms with Crippen LogP contribution in [0.3, 0.4) is 0 Å². The summed E-state index contributed by atoms with van der Waals surface area (Å²) in [7, 11) is 0. The van der Waals surface area contributed by atoms with Gasteiger partial charge in [0.2, 0.25) is 0 Å². The number of halogens is 2. The van der Waals surface area contributed by atoms with E-state index in [0.29, 0.717) is 16.8 Å². The van der Waals surface area contributed by atoms with Gasteiger partial charge < -0.3 is 10.1 Å². The van der Waals surface area contributed by atoms with Crippen molar-refractivity contribution in [2.24, 2.45) is 0 Å². The lowest BCUT2D eigenvalue weighted by Gasteiger charge is -2.15. The quantitative estimate of drug-likeness (QED) is 0.730. The molecule has 2 rings (SSSR count). The van der Waals surface area contributed by atoms with Crippen molar-refractivity contribution in [2.75, 3.05) is 0 Å². The molecule has 2 nitrogen and oxygen atoms in total. The summed E-state index contributed by atoms with van der Waals surface area (Å²) in [6.45, 7) is 7.10. The van der Waals surface area contributed by atoms with Crippen LogP contribution in [-0.4, -0.2) is 6.04 Å². The van der Waals surface area contributed by atoms with E-state index in [0.717, 1.165) is 22.3 Å². The summed E-state index contributed by atoms with van der Waals surface area (Å²) >= 11 is 9.63. The smallest absolute Gasteiger partial charge is 0.147 e. The zero-order valence-electron chi connectivity index (χ0n) is 12.4. The molecular formula is C17H19BrClNO. The number of hydrogen-bond acceptors (Lipinski definition) is 2. The van der Waals surface area contributed by atoms with E-state index in [4.69, 9.17) is 16.3 Å². The van der Waals surface area contributed by atoms with E-state index in [-0.39, 0.29) is 0 Å². The Morgan fingerprint density at radius 1 is 1.14 bits per heavy atom. The number of ether oxygens (including phenoxy) is 1. The standard InChI is InChI=1S/C17H19BrClNO/c1-11(2)20-10-13-8-12(3)4-7-16(13)21-17-9-14(18)5-6-15(17)19/h4-9,11,20H,10H2,1-3H3. The lowest BCUT2D eigenvalue weighted by molar-refractivity contribution is 0.469. The first kappa shape index (κ1) is 16.3. The van der Waals surface area contributed by atoms with Crippen LogP contribution in [0.2, 0.25) is 5.02 Å². The third-order valence-electron chi connectivity index (χ3n) is 3.03. The molecule has 21 heavy (non-hydrogen) atoms. The van der Waals surface area contributed by atoms with Crippen LogP contribution in [0.15, 0.2) is 40.9 Å². The molecule has 0 aliphatic rings. The van der Waals surface area contributed by atoms with Gasteiger partial charge in [0, 0.05) is 22.6 Å². The molecule has 2 aromatic rings. The van der Waals surface area contributed by atoms with Crippen LogP contribution in [0.25, 0.3) is 0 Å². The van der Waals surface area contributed by atoms with Gasteiger partial charge in [0.25, 0.3) is 0 Å². The highest BCUT2D eigenvalue weighted by Crippen LogP contribution is 2.33. The molecule has 4 heteroatoms. The highest BCUT2D eigenvalue weighted by atomic mass is 79.9. The van der Waals surface area contributed by atoms with E-state index in [9.17, 15) is 0 Å². The fourth-order valence-corrected chi connectivity index (χ4v) is 2.43. The molecule has 0 aliphatic heterocycles. The summed E-state index contributed by atoms with van der Waals surface area (Å²) in [4.78, 5) is 0. The highest BCUT2D eigenvalue weighted by Gasteiger charge is 2.09. The van der Waals surface area contributed by atoms with Gasteiger partial charge in [-0.3, -0.25) is 0 Å². The molecule has 0 atom stereocenters. The summed E-state index contributed by atoms with van der Waals surface area (Å²) in [6.07, 6.45) is 0. The van der Waals surface area contributed by atoms with Crippen LogP contribution in [0, 0.1) is 6.92 Å². The molecule has 0 radical (unpaired) electrons. The average molecular weight is 369 g/mol. The first-order valence-electron chi connectivity index (χ1n) is 6.91. The molecule has 0 spiro atoms. The van der Waals surface area contributed by atoms with Gasteiger partial charge in [0.15, 0.2) is 0 Å². The van der Waals surface area contributed by atoms with Crippen molar-refractivity contribution in [3.05, 3.63) is 57.0 Å². The molecule has 0 bridgehead atoms. The second-order valence-corrected chi connectivity index (χ2v) is 6.65. The third kappa shape index (κ3) is 4.73. The zero-order chi connectivity index (χ0) is 15.4. The Hall–Kier alpha value is -1.03. The lowest BCUT2D eigenvalue weighted by Crippen LogP contribution is -2.22. The summed E-state index contributed by atoms with van der Waals surface area (Å²) in [6, 6.07) is 12.2. The summed E-state index contributed by atoms with van der Waals surface area (Å²) < 4.78 is 6.95. The molecule has 0 heterocycles. The second kappa shape index (κ2) is 7.30. The van der Waals surface area contributed by atoms with Gasteiger partial charge in [-0.2, -0.15) is 0 Å². The number of rotatable bonds is 5. The molecule has 0 unspecified atom stereocenters. The molecule has 0 saturated heterocycles. The van der Waals surface area contributed by atoms with Crippen molar-refractivity contribution in [3.63, 3.8) is 0 Å². The van der Waals surface area contributed by atoms with Crippen LogP contribution in [0.1, 0.15) is 25.0 Å². The minimum atomic E-state index is 0.424. The molecule has 0 aromatic heterocycles. The minimum absolute atomic E-state index is 0.424. The van der Waals surface area contributed by atoms with E-state index in [1.54, 1.807) is 0 Å². The number of nitrogens with one attached hydrogen (secondary N) is 1. The summed E-state index contributed by atoms with van der Waals surface area (Å²) in [5.41, 5.74) is 2.34. The van der Waals surface area contributed by atoms with Crippen LogP contribution >= 0.6 is 27.5 Å². The maximum Gasteiger partial charge on any atom is 0.147 e. The number of hydrogen-bond donors (Lipinski definition) is 1. The number of benzene rings is 2. The maximum absolute atomic E-state index is 6.20. The monoisotopic (exact) mass is 367 g/mol. The van der Waals surface area contributed by atoms with E-state index in [1.165, 1.54) is 5.56 Å². The zero-order valence-corrected chi connectivity index (χ0v) is 14.8. The fraction of sp³-hybridized carbons (Fsp3) is 0.294. The van der Waals surface area contributed by atoms with Crippen LogP contribution in [0.4, 0.5) is 0 Å². The van der Waals surface area contributed by atoms with E-state index in [2.05, 4.69) is 48.1 Å². The molecule has 112 valence electrons. The Bertz CT molecular complexity index is 628. The van der Waals surface area contributed by atoms with Crippen molar-refractivity contribution >= 4 is 27.5 Å². The normalized spacial score (nSPS) is 11.0. The fourth-order valence-electron chi connectivity index (χ4n) is 1.93.